The fourth-order valence-corrected chi connectivity index (χ4v) is 2.94. The van der Waals surface area contributed by atoms with Crippen LogP contribution in [0.5, 0.6) is 5.75 Å². The van der Waals surface area contributed by atoms with Crippen molar-refractivity contribution in [2.45, 2.75) is 25.3 Å². The lowest BCUT2D eigenvalue weighted by molar-refractivity contribution is 0.100. The van der Waals surface area contributed by atoms with Gasteiger partial charge in [-0.25, -0.2) is 0 Å². The van der Waals surface area contributed by atoms with Crippen molar-refractivity contribution < 1.29 is 9.53 Å². The normalized spacial score (nSPS) is 23.8. The highest BCUT2D eigenvalue weighted by molar-refractivity contribution is 5.92. The molecule has 3 rings (SSSR count). The van der Waals surface area contributed by atoms with E-state index in [-0.39, 0.29) is 12.4 Å². The lowest BCUT2D eigenvalue weighted by atomic mass is 10.2. The molecule has 110 valence electrons. The highest BCUT2D eigenvalue weighted by Crippen LogP contribution is 2.44. The minimum Gasteiger partial charge on any atom is -0.494 e. The lowest BCUT2D eigenvalue weighted by Crippen LogP contribution is -2.25. The number of rotatable bonds is 6. The Hall–Kier alpha value is -1.26. The van der Waals surface area contributed by atoms with Crippen LogP contribution in [0.4, 0.5) is 0 Å². The SMILES string of the molecule is Cl.NC(=O)c1ccc(OCCCN2CCC3CC32)cc1. The Bertz CT molecular complexity index is 463. The molecule has 1 amide bonds. The smallest absolute Gasteiger partial charge is 0.248 e. The molecule has 2 aliphatic rings. The largest absolute Gasteiger partial charge is 0.494 e. The number of amides is 1. The number of fused-ring (bicyclic) bond motifs is 1. The van der Waals surface area contributed by atoms with Crippen molar-refractivity contribution in [2.24, 2.45) is 11.7 Å². The van der Waals surface area contributed by atoms with Crippen molar-refractivity contribution >= 4 is 18.3 Å². The molecule has 2 N–H and O–H groups in total. The molecule has 0 radical (unpaired) electrons. The van der Waals surface area contributed by atoms with Crippen LogP contribution < -0.4 is 10.5 Å². The van der Waals surface area contributed by atoms with E-state index in [1.807, 2.05) is 0 Å². The summed E-state index contributed by atoms with van der Waals surface area (Å²) in [5, 5.41) is 0. The van der Waals surface area contributed by atoms with Crippen LogP contribution in [-0.2, 0) is 0 Å². The van der Waals surface area contributed by atoms with Crippen LogP contribution in [0, 0.1) is 5.92 Å². The predicted octanol–water partition coefficient (Wildman–Crippen LogP) is 2.07. The average Bonchev–Trinajstić information content (AvgIpc) is 3.09. The van der Waals surface area contributed by atoms with Crippen LogP contribution in [-0.4, -0.2) is 36.5 Å². The van der Waals surface area contributed by atoms with Crippen molar-refractivity contribution in [1.82, 2.24) is 4.90 Å². The maximum absolute atomic E-state index is 10.9. The number of piperidine rings is 1. The number of likely N-dealkylation sites (tertiary alicyclic amines) is 1. The first-order valence-corrected chi connectivity index (χ1v) is 7.01. The number of primary amides is 1. The molecule has 0 aromatic heterocycles. The second kappa shape index (κ2) is 6.46. The van der Waals surface area contributed by atoms with Gasteiger partial charge in [-0.3, -0.25) is 9.69 Å². The Balaban J connectivity index is 0.00000147. The van der Waals surface area contributed by atoms with Gasteiger partial charge in [-0.2, -0.15) is 0 Å². The highest BCUT2D eigenvalue weighted by Gasteiger charge is 2.46. The summed E-state index contributed by atoms with van der Waals surface area (Å²) >= 11 is 0. The number of benzene rings is 1. The molecule has 1 aliphatic heterocycles. The second-order valence-corrected chi connectivity index (χ2v) is 5.48. The van der Waals surface area contributed by atoms with Gasteiger partial charge in [-0.05, 0) is 56.0 Å². The molecule has 1 aromatic rings. The molecule has 0 bridgehead atoms. The third-order valence-electron chi connectivity index (χ3n) is 4.14. The van der Waals surface area contributed by atoms with E-state index >= 15 is 0 Å². The fraction of sp³-hybridized carbons (Fsp3) is 0.533. The third kappa shape index (κ3) is 3.44. The first-order chi connectivity index (χ1) is 9.24. The van der Waals surface area contributed by atoms with Crippen LogP contribution in [0.1, 0.15) is 29.6 Å². The van der Waals surface area contributed by atoms with Crippen LogP contribution in [0.2, 0.25) is 0 Å². The second-order valence-electron chi connectivity index (χ2n) is 5.48. The summed E-state index contributed by atoms with van der Waals surface area (Å²) in [7, 11) is 0. The monoisotopic (exact) mass is 296 g/mol. The molecule has 1 saturated carbocycles. The minimum atomic E-state index is -0.403. The van der Waals surface area contributed by atoms with E-state index in [4.69, 9.17) is 10.5 Å². The van der Waals surface area contributed by atoms with Gasteiger partial charge in [0, 0.05) is 18.2 Å². The molecule has 1 heterocycles. The summed E-state index contributed by atoms with van der Waals surface area (Å²) < 4.78 is 5.67. The Kier molecular flexibility index (Phi) is 4.89. The van der Waals surface area contributed by atoms with Crippen molar-refractivity contribution in [3.05, 3.63) is 29.8 Å². The summed E-state index contributed by atoms with van der Waals surface area (Å²) in [6, 6.07) is 7.88. The molecule has 1 aromatic carbocycles. The molecule has 2 fully saturated rings. The molecular formula is C15H21ClN2O2. The van der Waals surface area contributed by atoms with E-state index in [2.05, 4.69) is 4.90 Å². The molecule has 20 heavy (non-hydrogen) atoms. The number of carbonyl (C=O) groups excluding carboxylic acids is 1. The highest BCUT2D eigenvalue weighted by atomic mass is 35.5. The first kappa shape index (κ1) is 15.1. The summed E-state index contributed by atoms with van der Waals surface area (Å²) in [6.45, 7) is 3.13. The lowest BCUT2D eigenvalue weighted by Gasteiger charge is -2.17. The standard InChI is InChI=1S/C15H20N2O2.ClH/c16-15(18)11-2-4-13(5-3-11)19-9-1-7-17-8-6-12-10-14(12)17;/h2-5,12,14H,1,6-10H2,(H2,16,18);1H. The summed E-state index contributed by atoms with van der Waals surface area (Å²) in [5.74, 6) is 1.40. The van der Waals surface area contributed by atoms with Gasteiger partial charge < -0.3 is 10.5 Å². The number of hydrogen-bond donors (Lipinski definition) is 1. The zero-order chi connectivity index (χ0) is 13.2. The van der Waals surface area contributed by atoms with Gasteiger partial charge in [0.15, 0.2) is 0 Å². The predicted molar refractivity (Wildman–Crippen MR) is 80.4 cm³/mol. The molecular weight excluding hydrogens is 276 g/mol. The van der Waals surface area contributed by atoms with E-state index in [0.29, 0.717) is 5.56 Å². The molecule has 4 nitrogen and oxygen atoms in total. The zero-order valence-electron chi connectivity index (χ0n) is 11.5. The number of hydrogen-bond acceptors (Lipinski definition) is 3. The maximum atomic E-state index is 10.9. The van der Waals surface area contributed by atoms with Crippen molar-refractivity contribution in [3.8, 4) is 5.75 Å². The molecule has 2 unspecified atom stereocenters. The molecule has 1 saturated heterocycles. The fourth-order valence-electron chi connectivity index (χ4n) is 2.94. The van der Waals surface area contributed by atoms with Crippen LogP contribution in [0.25, 0.3) is 0 Å². The molecule has 2 atom stereocenters. The van der Waals surface area contributed by atoms with Crippen LogP contribution in [0.3, 0.4) is 0 Å². The Morgan fingerprint density at radius 1 is 1.35 bits per heavy atom. The minimum absolute atomic E-state index is 0. The van der Waals surface area contributed by atoms with E-state index < -0.39 is 5.91 Å². The number of halogens is 1. The van der Waals surface area contributed by atoms with Gasteiger partial charge in [0.1, 0.15) is 5.75 Å². The number of nitrogens with two attached hydrogens (primary N) is 1. The molecule has 5 heteroatoms. The van der Waals surface area contributed by atoms with E-state index in [1.165, 1.54) is 19.4 Å². The van der Waals surface area contributed by atoms with E-state index in [1.54, 1.807) is 24.3 Å². The summed E-state index contributed by atoms with van der Waals surface area (Å²) in [4.78, 5) is 13.5. The van der Waals surface area contributed by atoms with E-state index in [9.17, 15) is 4.79 Å². The third-order valence-corrected chi connectivity index (χ3v) is 4.14. The number of ether oxygens (including phenoxy) is 1. The zero-order valence-corrected chi connectivity index (χ0v) is 12.3. The van der Waals surface area contributed by atoms with Gasteiger partial charge in [0.05, 0.1) is 6.61 Å². The Morgan fingerprint density at radius 2 is 2.10 bits per heavy atom. The van der Waals surface area contributed by atoms with Crippen LogP contribution >= 0.6 is 12.4 Å². The quantitative estimate of drug-likeness (QED) is 0.818. The Labute approximate surface area is 125 Å². The van der Waals surface area contributed by atoms with E-state index in [0.717, 1.165) is 37.3 Å². The van der Waals surface area contributed by atoms with Crippen molar-refractivity contribution in [2.75, 3.05) is 19.7 Å². The van der Waals surface area contributed by atoms with Gasteiger partial charge in [0.2, 0.25) is 5.91 Å². The van der Waals surface area contributed by atoms with Gasteiger partial charge >= 0.3 is 0 Å². The van der Waals surface area contributed by atoms with Gasteiger partial charge in [-0.15, -0.1) is 12.4 Å². The van der Waals surface area contributed by atoms with Gasteiger partial charge in [-0.1, -0.05) is 0 Å². The van der Waals surface area contributed by atoms with Crippen molar-refractivity contribution in [3.63, 3.8) is 0 Å². The Morgan fingerprint density at radius 3 is 2.65 bits per heavy atom. The first-order valence-electron chi connectivity index (χ1n) is 7.01. The average molecular weight is 297 g/mol. The topological polar surface area (TPSA) is 55.6 Å². The number of nitrogens with zero attached hydrogens (tertiary/aromatic N) is 1. The van der Waals surface area contributed by atoms with Gasteiger partial charge in [0.25, 0.3) is 0 Å². The number of carbonyl (C=O) groups is 1. The summed E-state index contributed by atoms with van der Waals surface area (Å²) in [5.41, 5.74) is 5.70. The van der Waals surface area contributed by atoms with Crippen molar-refractivity contribution in [1.29, 1.82) is 0 Å². The summed E-state index contributed by atoms with van der Waals surface area (Å²) in [6.07, 6.45) is 3.86. The van der Waals surface area contributed by atoms with Crippen LogP contribution in [0.15, 0.2) is 24.3 Å². The molecule has 0 spiro atoms. The molecule has 1 aliphatic carbocycles. The maximum Gasteiger partial charge on any atom is 0.248 e.